The highest BCUT2D eigenvalue weighted by Gasteiger charge is 2.19. The Morgan fingerprint density at radius 2 is 2.03 bits per heavy atom. The zero-order valence-electron chi connectivity index (χ0n) is 18.2. The van der Waals surface area contributed by atoms with Crippen LogP contribution in [0.5, 0.6) is 0 Å². The molecule has 1 aromatic heterocycles. The van der Waals surface area contributed by atoms with E-state index < -0.39 is 30.1 Å². The Morgan fingerprint density at radius 1 is 1.24 bits per heavy atom. The lowest BCUT2D eigenvalue weighted by molar-refractivity contribution is -0.147. The van der Waals surface area contributed by atoms with Crippen molar-refractivity contribution < 1.29 is 27.5 Å². The Bertz CT molecular complexity index is 1240. The molecule has 0 atom stereocenters. The van der Waals surface area contributed by atoms with Gasteiger partial charge in [-0.1, -0.05) is 11.6 Å². The van der Waals surface area contributed by atoms with Gasteiger partial charge in [0, 0.05) is 29.7 Å². The molecule has 1 heterocycles. The molecule has 176 valence electrons. The number of hydrogen-bond acceptors (Lipinski definition) is 6. The molecule has 2 aromatic carbocycles. The molecule has 34 heavy (non-hydrogen) atoms. The van der Waals surface area contributed by atoms with E-state index in [2.05, 4.69) is 4.98 Å². The number of rotatable bonds is 9. The molecule has 0 N–H and O–H groups in total. The van der Waals surface area contributed by atoms with Crippen LogP contribution in [0.4, 0.5) is 14.5 Å². The minimum atomic E-state index is -0.794. The molecular formula is C24H20ClF2N3O4. The first-order valence-electron chi connectivity index (χ1n) is 10.3. The molecule has 0 aliphatic heterocycles. The lowest BCUT2D eigenvalue weighted by atomic mass is 10.2. The number of anilines is 1. The molecule has 3 aromatic rings. The van der Waals surface area contributed by atoms with E-state index in [1.807, 2.05) is 6.07 Å². The number of benzene rings is 2. The summed E-state index contributed by atoms with van der Waals surface area (Å²) in [6.45, 7) is 1.41. The monoisotopic (exact) mass is 487 g/mol. The molecule has 0 radical (unpaired) electrons. The van der Waals surface area contributed by atoms with Gasteiger partial charge in [0.2, 0.25) is 0 Å². The van der Waals surface area contributed by atoms with E-state index in [0.29, 0.717) is 10.7 Å². The van der Waals surface area contributed by atoms with Gasteiger partial charge in [-0.2, -0.15) is 5.26 Å². The molecule has 3 rings (SSSR count). The molecule has 0 fully saturated rings. The summed E-state index contributed by atoms with van der Waals surface area (Å²) in [6, 6.07) is 10.1. The van der Waals surface area contributed by atoms with E-state index in [4.69, 9.17) is 26.0 Å². The van der Waals surface area contributed by atoms with Crippen LogP contribution in [0.25, 0.3) is 11.3 Å². The molecule has 1 amide bonds. The van der Waals surface area contributed by atoms with Gasteiger partial charge >= 0.3 is 5.97 Å². The number of oxazole rings is 1. The summed E-state index contributed by atoms with van der Waals surface area (Å²) in [5.74, 6) is -2.39. The van der Waals surface area contributed by atoms with Crippen LogP contribution < -0.4 is 4.90 Å². The normalized spacial score (nSPS) is 10.6. The van der Waals surface area contributed by atoms with Crippen LogP contribution >= 0.6 is 11.6 Å². The van der Waals surface area contributed by atoms with Crippen molar-refractivity contribution >= 4 is 29.2 Å². The Hall–Kier alpha value is -3.77. The molecule has 7 nitrogen and oxygen atoms in total. The van der Waals surface area contributed by atoms with Crippen molar-refractivity contribution in [2.24, 2.45) is 0 Å². The van der Waals surface area contributed by atoms with Gasteiger partial charge in [-0.15, -0.1) is 0 Å². The maximum atomic E-state index is 13.9. The summed E-state index contributed by atoms with van der Waals surface area (Å²) in [6.07, 6.45) is 1.31. The number of nitrogens with zero attached hydrogens (tertiary/aromatic N) is 3. The van der Waals surface area contributed by atoms with Gasteiger partial charge in [-0.3, -0.25) is 9.59 Å². The van der Waals surface area contributed by atoms with Crippen LogP contribution in [0.15, 0.2) is 47.0 Å². The van der Waals surface area contributed by atoms with Crippen molar-refractivity contribution in [3.05, 3.63) is 70.7 Å². The first-order valence-corrected chi connectivity index (χ1v) is 10.7. The Labute approximate surface area is 199 Å². The van der Waals surface area contributed by atoms with Gasteiger partial charge in [-0.25, -0.2) is 13.8 Å². The first kappa shape index (κ1) is 24.9. The highest BCUT2D eigenvalue weighted by molar-refractivity contribution is 6.31. The van der Waals surface area contributed by atoms with Crippen LogP contribution in [0.2, 0.25) is 5.02 Å². The summed E-state index contributed by atoms with van der Waals surface area (Å²) in [5.41, 5.74) is 1.35. The van der Waals surface area contributed by atoms with Gasteiger partial charge in [0.1, 0.15) is 11.6 Å². The van der Waals surface area contributed by atoms with E-state index in [0.717, 1.165) is 17.7 Å². The second kappa shape index (κ2) is 11.4. The van der Waals surface area contributed by atoms with E-state index in [9.17, 15) is 18.4 Å². The summed E-state index contributed by atoms with van der Waals surface area (Å²) in [7, 11) is 0. The molecule has 0 saturated carbocycles. The summed E-state index contributed by atoms with van der Waals surface area (Å²) in [4.78, 5) is 30.1. The third kappa shape index (κ3) is 6.39. The van der Waals surface area contributed by atoms with E-state index in [1.54, 1.807) is 25.1 Å². The van der Waals surface area contributed by atoms with Crippen molar-refractivity contribution in [3.8, 4) is 17.4 Å². The second-order valence-electron chi connectivity index (χ2n) is 7.29. The summed E-state index contributed by atoms with van der Waals surface area (Å²) in [5, 5.41) is 9.44. The third-order valence-corrected chi connectivity index (χ3v) is 5.28. The lowest BCUT2D eigenvalue weighted by Gasteiger charge is -2.22. The molecule has 0 bridgehead atoms. The quantitative estimate of drug-likeness (QED) is 0.394. The lowest BCUT2D eigenvalue weighted by Crippen LogP contribution is -2.35. The average molecular weight is 488 g/mol. The van der Waals surface area contributed by atoms with Gasteiger partial charge < -0.3 is 14.1 Å². The number of esters is 1. The number of halogens is 3. The fourth-order valence-electron chi connectivity index (χ4n) is 3.10. The van der Waals surface area contributed by atoms with Crippen molar-refractivity contribution in [2.45, 2.75) is 26.2 Å². The minimum Gasteiger partial charge on any atom is -0.456 e. The molecule has 0 aliphatic rings. The zero-order valence-corrected chi connectivity index (χ0v) is 18.9. The van der Waals surface area contributed by atoms with E-state index >= 15 is 0 Å². The van der Waals surface area contributed by atoms with Gasteiger partial charge in [0.25, 0.3) is 5.91 Å². The van der Waals surface area contributed by atoms with Crippen molar-refractivity contribution in [1.29, 1.82) is 5.26 Å². The predicted octanol–water partition coefficient (Wildman–Crippen LogP) is 5.00. The number of aromatic nitrogens is 1. The highest BCUT2D eigenvalue weighted by atomic mass is 35.5. The Morgan fingerprint density at radius 3 is 2.74 bits per heavy atom. The fourth-order valence-corrected chi connectivity index (χ4v) is 3.21. The van der Waals surface area contributed by atoms with Crippen molar-refractivity contribution in [1.82, 2.24) is 4.98 Å². The average Bonchev–Trinajstić information content (AvgIpc) is 3.27. The van der Waals surface area contributed by atoms with Gasteiger partial charge in [-0.05, 0) is 42.8 Å². The van der Waals surface area contributed by atoms with Gasteiger partial charge in [0.15, 0.2) is 18.3 Å². The zero-order chi connectivity index (χ0) is 24.7. The summed E-state index contributed by atoms with van der Waals surface area (Å²) < 4.78 is 37.5. The Kier molecular flexibility index (Phi) is 8.33. The van der Waals surface area contributed by atoms with Gasteiger partial charge in [0.05, 0.1) is 30.7 Å². The number of carbonyl (C=O) groups excluding carboxylic acids is 2. The van der Waals surface area contributed by atoms with Crippen molar-refractivity contribution in [3.63, 3.8) is 0 Å². The summed E-state index contributed by atoms with van der Waals surface area (Å²) >= 11 is 6.04. The maximum Gasteiger partial charge on any atom is 0.306 e. The smallest absolute Gasteiger partial charge is 0.306 e. The van der Waals surface area contributed by atoms with E-state index in [-0.39, 0.29) is 43.0 Å². The molecule has 0 saturated heterocycles. The van der Waals surface area contributed by atoms with Crippen LogP contribution in [0.1, 0.15) is 24.3 Å². The number of hydrogen-bond donors (Lipinski definition) is 0. The number of amides is 1. The standard InChI is InChI=1S/C24H20ClF2N3O4/c1-15-11-17(4-6-19(15)25)30(10-2-9-28)23(31)14-33-24(32)8-7-22-29-13-21(34-22)18-5-3-16(26)12-20(18)27/h3-6,11-13H,2,7-8,10,14H2,1H3. The molecule has 0 spiro atoms. The Balaban J connectivity index is 1.55. The van der Waals surface area contributed by atoms with Crippen LogP contribution in [0, 0.1) is 29.9 Å². The van der Waals surface area contributed by atoms with Crippen molar-refractivity contribution in [2.75, 3.05) is 18.1 Å². The second-order valence-corrected chi connectivity index (χ2v) is 7.70. The topological polar surface area (TPSA) is 96.4 Å². The number of nitriles is 1. The van der Waals surface area contributed by atoms with E-state index in [1.165, 1.54) is 17.2 Å². The number of carbonyl (C=O) groups is 2. The highest BCUT2D eigenvalue weighted by Crippen LogP contribution is 2.25. The molecular weight excluding hydrogens is 468 g/mol. The number of ether oxygens (including phenoxy) is 1. The molecule has 10 heteroatoms. The third-order valence-electron chi connectivity index (χ3n) is 4.85. The van der Waals surface area contributed by atoms with Crippen LogP contribution in [0.3, 0.4) is 0 Å². The van der Waals surface area contributed by atoms with Crippen LogP contribution in [-0.4, -0.2) is 30.0 Å². The minimum absolute atomic E-state index is 0.0446. The SMILES string of the molecule is Cc1cc(N(CCC#N)C(=O)COC(=O)CCc2ncc(-c3ccc(F)cc3F)o2)ccc1Cl. The number of aryl methyl sites for hydroxylation is 2. The molecule has 0 aliphatic carbocycles. The van der Waals surface area contributed by atoms with Crippen LogP contribution in [-0.2, 0) is 20.7 Å². The largest absolute Gasteiger partial charge is 0.456 e. The maximum absolute atomic E-state index is 13.9. The predicted molar refractivity (Wildman–Crippen MR) is 120 cm³/mol. The first-order chi connectivity index (χ1) is 16.3. The molecule has 0 unspecified atom stereocenters. The fraction of sp³-hybridized carbons (Fsp3) is 0.250.